The number of carboxylic acids is 1. The molecule has 1 amide bonds. The number of hydrogen-bond acceptors (Lipinski definition) is 3. The van der Waals surface area contributed by atoms with Crippen molar-refractivity contribution in [2.24, 2.45) is 5.92 Å². The van der Waals surface area contributed by atoms with Crippen LogP contribution in [-0.4, -0.2) is 41.0 Å². The predicted molar refractivity (Wildman–Crippen MR) is 88.7 cm³/mol. The fraction of sp³-hybridized carbons (Fsp3) is 0.500. The Morgan fingerprint density at radius 1 is 1.28 bits per heavy atom. The number of carbonyl (C=O) groups is 2. The maximum atomic E-state index is 12.7. The van der Waals surface area contributed by atoms with Crippen LogP contribution in [0.25, 0.3) is 0 Å². The molecule has 1 atom stereocenters. The van der Waals surface area contributed by atoms with Gasteiger partial charge in [-0.1, -0.05) is 6.07 Å². The lowest BCUT2D eigenvalue weighted by molar-refractivity contribution is -0.143. The smallest absolute Gasteiger partial charge is 0.416 e. The van der Waals surface area contributed by atoms with Crippen LogP contribution < -0.4 is 5.32 Å². The zero-order chi connectivity index (χ0) is 17.9. The van der Waals surface area contributed by atoms with Gasteiger partial charge in [0, 0.05) is 5.69 Å². The molecule has 0 saturated carbocycles. The van der Waals surface area contributed by atoms with Gasteiger partial charge in [-0.05, 0) is 51.1 Å². The number of carbonyl (C=O) groups excluding carboxylic acids is 1. The highest BCUT2D eigenvalue weighted by Crippen LogP contribution is 2.30. The standard InChI is InChI=1S/C16H19F3N2O3.ClH/c1-10(21-7-5-11(6-8-21)15(23)24)14(22)20-13-4-2-3-12(9-13)16(17,18)19;/h2-4,9-11H,5-8H2,1H3,(H,20,22)(H,23,24);1H. The number of hydrogen-bond donors (Lipinski definition) is 2. The van der Waals surface area contributed by atoms with E-state index in [1.54, 1.807) is 6.92 Å². The molecule has 0 radical (unpaired) electrons. The van der Waals surface area contributed by atoms with E-state index in [1.165, 1.54) is 12.1 Å². The van der Waals surface area contributed by atoms with Gasteiger partial charge in [0.15, 0.2) is 0 Å². The SMILES string of the molecule is CC(C(=O)Nc1cccc(C(F)(F)F)c1)N1CCC(C(=O)O)CC1.Cl. The summed E-state index contributed by atoms with van der Waals surface area (Å²) in [6.07, 6.45) is -3.56. The highest BCUT2D eigenvalue weighted by Gasteiger charge is 2.32. The Kier molecular flexibility index (Phi) is 7.25. The molecule has 1 fully saturated rings. The molecule has 1 aromatic rings. The van der Waals surface area contributed by atoms with E-state index in [2.05, 4.69) is 5.32 Å². The lowest BCUT2D eigenvalue weighted by Crippen LogP contribution is -2.47. The Balaban J connectivity index is 0.00000312. The number of halogens is 4. The molecular formula is C16H20ClF3N2O3. The van der Waals surface area contributed by atoms with Crippen molar-refractivity contribution < 1.29 is 27.9 Å². The number of nitrogens with one attached hydrogen (secondary N) is 1. The number of amides is 1. The molecule has 1 aromatic carbocycles. The highest BCUT2D eigenvalue weighted by atomic mass is 35.5. The molecule has 9 heteroatoms. The molecule has 1 unspecified atom stereocenters. The molecule has 1 heterocycles. The Morgan fingerprint density at radius 2 is 1.88 bits per heavy atom. The molecule has 1 aliphatic rings. The maximum absolute atomic E-state index is 12.7. The number of rotatable bonds is 4. The van der Waals surface area contributed by atoms with E-state index in [1.807, 2.05) is 4.90 Å². The number of alkyl halides is 3. The molecule has 1 saturated heterocycles. The molecule has 25 heavy (non-hydrogen) atoms. The quantitative estimate of drug-likeness (QED) is 0.841. The lowest BCUT2D eigenvalue weighted by atomic mass is 9.96. The summed E-state index contributed by atoms with van der Waals surface area (Å²) in [5.74, 6) is -1.65. The summed E-state index contributed by atoms with van der Waals surface area (Å²) in [5.41, 5.74) is -0.739. The van der Waals surface area contributed by atoms with Gasteiger partial charge < -0.3 is 10.4 Å². The molecule has 0 aliphatic carbocycles. The highest BCUT2D eigenvalue weighted by molar-refractivity contribution is 5.94. The van der Waals surface area contributed by atoms with Crippen LogP contribution in [0.3, 0.4) is 0 Å². The van der Waals surface area contributed by atoms with Crippen LogP contribution in [0.4, 0.5) is 18.9 Å². The third-order valence-corrected chi connectivity index (χ3v) is 4.26. The Hall–Kier alpha value is -1.80. The average Bonchev–Trinajstić information content (AvgIpc) is 2.53. The Labute approximate surface area is 149 Å². The molecule has 0 spiro atoms. The lowest BCUT2D eigenvalue weighted by Gasteiger charge is -2.33. The van der Waals surface area contributed by atoms with Crippen molar-refractivity contribution >= 4 is 30.0 Å². The monoisotopic (exact) mass is 380 g/mol. The van der Waals surface area contributed by atoms with Crippen LogP contribution >= 0.6 is 12.4 Å². The van der Waals surface area contributed by atoms with Gasteiger partial charge in [-0.15, -0.1) is 12.4 Å². The molecule has 140 valence electrons. The van der Waals surface area contributed by atoms with Crippen LogP contribution in [0.5, 0.6) is 0 Å². The first-order valence-electron chi connectivity index (χ1n) is 7.63. The largest absolute Gasteiger partial charge is 0.481 e. The van der Waals surface area contributed by atoms with E-state index in [0.717, 1.165) is 12.1 Å². The molecule has 0 bridgehead atoms. The van der Waals surface area contributed by atoms with E-state index in [0.29, 0.717) is 25.9 Å². The van der Waals surface area contributed by atoms with Crippen LogP contribution in [0, 0.1) is 5.92 Å². The minimum absolute atomic E-state index is 0. The third kappa shape index (κ3) is 5.61. The van der Waals surface area contributed by atoms with E-state index in [4.69, 9.17) is 5.11 Å². The number of benzene rings is 1. The first kappa shape index (κ1) is 21.2. The van der Waals surface area contributed by atoms with Gasteiger partial charge in [0.2, 0.25) is 5.91 Å². The van der Waals surface area contributed by atoms with E-state index in [-0.39, 0.29) is 18.1 Å². The van der Waals surface area contributed by atoms with Crippen LogP contribution in [0.1, 0.15) is 25.3 Å². The van der Waals surface area contributed by atoms with Gasteiger partial charge >= 0.3 is 12.1 Å². The second-order valence-electron chi connectivity index (χ2n) is 5.89. The molecule has 5 nitrogen and oxygen atoms in total. The van der Waals surface area contributed by atoms with E-state index < -0.39 is 35.6 Å². The van der Waals surface area contributed by atoms with Crippen LogP contribution in [0.15, 0.2) is 24.3 Å². The number of piperidine rings is 1. The fourth-order valence-corrected chi connectivity index (χ4v) is 2.72. The Morgan fingerprint density at radius 3 is 2.40 bits per heavy atom. The predicted octanol–water partition coefficient (Wildman–Crippen LogP) is 3.25. The van der Waals surface area contributed by atoms with Crippen molar-refractivity contribution in [2.45, 2.75) is 32.0 Å². The van der Waals surface area contributed by atoms with Crippen molar-refractivity contribution in [3.63, 3.8) is 0 Å². The average molecular weight is 381 g/mol. The van der Waals surface area contributed by atoms with Gasteiger partial charge in [0.25, 0.3) is 0 Å². The van der Waals surface area contributed by atoms with Crippen molar-refractivity contribution in [1.29, 1.82) is 0 Å². The Bertz CT molecular complexity index is 617. The third-order valence-electron chi connectivity index (χ3n) is 4.26. The summed E-state index contributed by atoms with van der Waals surface area (Å²) < 4.78 is 38.1. The van der Waals surface area contributed by atoms with Crippen LogP contribution in [0.2, 0.25) is 0 Å². The first-order valence-corrected chi connectivity index (χ1v) is 7.63. The van der Waals surface area contributed by atoms with Gasteiger partial charge in [-0.3, -0.25) is 14.5 Å². The molecule has 0 aromatic heterocycles. The van der Waals surface area contributed by atoms with Crippen molar-refractivity contribution in [3.8, 4) is 0 Å². The minimum Gasteiger partial charge on any atom is -0.481 e. The number of nitrogens with zero attached hydrogens (tertiary/aromatic N) is 1. The second kappa shape index (κ2) is 8.53. The fourth-order valence-electron chi connectivity index (χ4n) is 2.72. The molecule has 2 N–H and O–H groups in total. The summed E-state index contributed by atoms with van der Waals surface area (Å²) in [5, 5.41) is 11.5. The van der Waals surface area contributed by atoms with Gasteiger partial charge in [-0.2, -0.15) is 13.2 Å². The summed E-state index contributed by atoms with van der Waals surface area (Å²) in [4.78, 5) is 25.0. The number of likely N-dealkylation sites (tertiary alicyclic amines) is 1. The maximum Gasteiger partial charge on any atom is 0.416 e. The summed E-state index contributed by atoms with van der Waals surface area (Å²) >= 11 is 0. The van der Waals surface area contributed by atoms with Gasteiger partial charge in [-0.25, -0.2) is 0 Å². The van der Waals surface area contributed by atoms with Crippen molar-refractivity contribution in [1.82, 2.24) is 4.90 Å². The van der Waals surface area contributed by atoms with Gasteiger partial charge in [0.1, 0.15) is 0 Å². The molecule has 1 aliphatic heterocycles. The first-order chi connectivity index (χ1) is 11.2. The van der Waals surface area contributed by atoms with Crippen molar-refractivity contribution in [2.75, 3.05) is 18.4 Å². The zero-order valence-corrected chi connectivity index (χ0v) is 14.4. The summed E-state index contributed by atoms with van der Waals surface area (Å²) in [7, 11) is 0. The summed E-state index contributed by atoms with van der Waals surface area (Å²) in [6.45, 7) is 2.59. The van der Waals surface area contributed by atoms with E-state index >= 15 is 0 Å². The number of carboxylic acid groups (broad SMARTS) is 1. The van der Waals surface area contributed by atoms with E-state index in [9.17, 15) is 22.8 Å². The van der Waals surface area contributed by atoms with Gasteiger partial charge in [0.05, 0.1) is 17.5 Å². The number of aliphatic carboxylic acids is 1. The minimum atomic E-state index is -4.47. The summed E-state index contributed by atoms with van der Waals surface area (Å²) in [6, 6.07) is 3.92. The second-order valence-corrected chi connectivity index (χ2v) is 5.89. The van der Waals surface area contributed by atoms with Crippen LogP contribution in [-0.2, 0) is 15.8 Å². The van der Waals surface area contributed by atoms with Crippen molar-refractivity contribution in [3.05, 3.63) is 29.8 Å². The zero-order valence-electron chi connectivity index (χ0n) is 13.5. The molecular weight excluding hydrogens is 361 g/mol. The number of anilines is 1. The topological polar surface area (TPSA) is 69.6 Å². The molecule has 2 rings (SSSR count). The normalized spacial score (nSPS) is 17.4.